The van der Waals surface area contributed by atoms with Gasteiger partial charge in [-0.1, -0.05) is 0 Å². The Morgan fingerprint density at radius 3 is 2.46 bits per heavy atom. The first-order valence-electron chi connectivity index (χ1n) is 8.73. The predicted molar refractivity (Wildman–Crippen MR) is 89.4 cm³/mol. The zero-order valence-corrected chi connectivity index (χ0v) is 14.2. The summed E-state index contributed by atoms with van der Waals surface area (Å²) in [5.74, 6) is 0.769. The van der Waals surface area contributed by atoms with E-state index in [2.05, 4.69) is 4.98 Å². The molecule has 1 aromatic heterocycles. The largest absolute Gasteiger partial charge is 0.372 e. The monoisotopic (exact) mass is 331 g/mol. The van der Waals surface area contributed by atoms with Gasteiger partial charge in [0.25, 0.3) is 0 Å². The summed E-state index contributed by atoms with van der Waals surface area (Å²) in [5, 5.41) is 0. The molecular weight excluding hydrogens is 306 g/mol. The normalized spacial score (nSPS) is 19.2. The molecule has 0 saturated carbocycles. The van der Waals surface area contributed by atoms with Crippen molar-refractivity contribution in [3.8, 4) is 0 Å². The number of amides is 2. The summed E-state index contributed by atoms with van der Waals surface area (Å²) in [4.78, 5) is 32.3. The van der Waals surface area contributed by atoms with Crippen LogP contribution in [-0.2, 0) is 14.3 Å². The van der Waals surface area contributed by atoms with Crippen LogP contribution in [0.4, 0.5) is 0 Å². The van der Waals surface area contributed by atoms with Crippen LogP contribution in [0.5, 0.6) is 0 Å². The minimum Gasteiger partial charge on any atom is -0.372 e. The first-order valence-corrected chi connectivity index (χ1v) is 8.73. The molecule has 0 unspecified atom stereocenters. The summed E-state index contributed by atoms with van der Waals surface area (Å²) in [6, 6.07) is 4.05. The molecule has 24 heavy (non-hydrogen) atoms. The van der Waals surface area contributed by atoms with E-state index in [0.717, 1.165) is 25.9 Å². The highest BCUT2D eigenvalue weighted by molar-refractivity contribution is 5.81. The maximum absolute atomic E-state index is 12.6. The minimum absolute atomic E-state index is 0.0319. The fourth-order valence-corrected chi connectivity index (χ4v) is 3.42. The van der Waals surface area contributed by atoms with Gasteiger partial charge in [-0.3, -0.25) is 14.6 Å². The Balaban J connectivity index is 1.43. The molecule has 1 aromatic rings. The van der Waals surface area contributed by atoms with Crippen molar-refractivity contribution in [3.05, 3.63) is 30.1 Å². The van der Waals surface area contributed by atoms with Crippen molar-refractivity contribution in [2.24, 2.45) is 5.92 Å². The van der Waals surface area contributed by atoms with Crippen LogP contribution in [0.25, 0.3) is 0 Å². The highest BCUT2D eigenvalue weighted by atomic mass is 16.5. The van der Waals surface area contributed by atoms with E-state index in [9.17, 15) is 9.59 Å². The standard InChI is InChI=1S/C18H25N3O3/c1-2-24-13-17(22)20-9-5-15(6-10-20)18(23)21-11-16(12-21)14-3-7-19-8-4-14/h3-4,7-8,15-16H,2,5-6,9-13H2,1H3. The van der Waals surface area contributed by atoms with E-state index < -0.39 is 0 Å². The number of likely N-dealkylation sites (tertiary alicyclic amines) is 2. The number of ether oxygens (including phenoxy) is 1. The summed E-state index contributed by atoms with van der Waals surface area (Å²) in [7, 11) is 0. The van der Waals surface area contributed by atoms with E-state index in [0.29, 0.717) is 25.6 Å². The van der Waals surface area contributed by atoms with Gasteiger partial charge in [-0.2, -0.15) is 0 Å². The van der Waals surface area contributed by atoms with Crippen LogP contribution in [0.1, 0.15) is 31.2 Å². The van der Waals surface area contributed by atoms with E-state index in [1.54, 1.807) is 12.4 Å². The molecule has 2 aliphatic heterocycles. The van der Waals surface area contributed by atoms with E-state index >= 15 is 0 Å². The van der Waals surface area contributed by atoms with Crippen LogP contribution in [-0.4, -0.2) is 66.0 Å². The van der Waals surface area contributed by atoms with Crippen molar-refractivity contribution >= 4 is 11.8 Å². The number of nitrogens with zero attached hydrogens (tertiary/aromatic N) is 3. The Labute approximate surface area is 142 Å². The summed E-state index contributed by atoms with van der Waals surface area (Å²) >= 11 is 0. The molecule has 6 nitrogen and oxygen atoms in total. The third-order valence-electron chi connectivity index (χ3n) is 5.00. The lowest BCUT2D eigenvalue weighted by atomic mass is 9.88. The zero-order chi connectivity index (χ0) is 16.9. The van der Waals surface area contributed by atoms with Crippen molar-refractivity contribution in [2.75, 3.05) is 39.4 Å². The van der Waals surface area contributed by atoms with Crippen molar-refractivity contribution in [2.45, 2.75) is 25.7 Å². The van der Waals surface area contributed by atoms with Crippen molar-refractivity contribution in [1.29, 1.82) is 0 Å². The van der Waals surface area contributed by atoms with Gasteiger partial charge >= 0.3 is 0 Å². The molecule has 0 aromatic carbocycles. The lowest BCUT2D eigenvalue weighted by Gasteiger charge is -2.42. The maximum atomic E-state index is 12.6. The second kappa shape index (κ2) is 7.75. The third-order valence-corrected chi connectivity index (χ3v) is 5.00. The highest BCUT2D eigenvalue weighted by Crippen LogP contribution is 2.30. The molecule has 2 saturated heterocycles. The van der Waals surface area contributed by atoms with E-state index in [4.69, 9.17) is 4.74 Å². The average Bonchev–Trinajstić information content (AvgIpc) is 2.59. The molecule has 2 amide bonds. The number of hydrogen-bond acceptors (Lipinski definition) is 4. The number of rotatable bonds is 5. The molecule has 130 valence electrons. The first kappa shape index (κ1) is 16.9. The van der Waals surface area contributed by atoms with E-state index in [1.807, 2.05) is 28.9 Å². The molecule has 0 radical (unpaired) electrons. The molecule has 0 aliphatic carbocycles. The SMILES string of the molecule is CCOCC(=O)N1CCC(C(=O)N2CC(c3ccncc3)C2)CC1. The molecule has 3 rings (SSSR count). The summed E-state index contributed by atoms with van der Waals surface area (Å²) in [6.45, 7) is 5.49. The Morgan fingerprint density at radius 2 is 1.83 bits per heavy atom. The van der Waals surface area contributed by atoms with Gasteiger partial charge in [-0.15, -0.1) is 0 Å². The topological polar surface area (TPSA) is 62.7 Å². The molecule has 0 N–H and O–H groups in total. The maximum Gasteiger partial charge on any atom is 0.248 e. The number of aromatic nitrogens is 1. The lowest BCUT2D eigenvalue weighted by molar-refractivity contribution is -0.145. The fraction of sp³-hybridized carbons (Fsp3) is 0.611. The number of carbonyl (C=O) groups excluding carboxylic acids is 2. The Hall–Kier alpha value is -1.95. The first-order chi connectivity index (χ1) is 11.7. The summed E-state index contributed by atoms with van der Waals surface area (Å²) < 4.78 is 5.17. The van der Waals surface area contributed by atoms with Gasteiger partial charge in [-0.25, -0.2) is 0 Å². The van der Waals surface area contributed by atoms with Crippen molar-refractivity contribution in [1.82, 2.24) is 14.8 Å². The van der Waals surface area contributed by atoms with Crippen LogP contribution in [0.3, 0.4) is 0 Å². The van der Waals surface area contributed by atoms with Crippen LogP contribution < -0.4 is 0 Å². The second-order valence-electron chi connectivity index (χ2n) is 6.51. The van der Waals surface area contributed by atoms with Crippen LogP contribution >= 0.6 is 0 Å². The summed E-state index contributed by atoms with van der Waals surface area (Å²) in [5.41, 5.74) is 1.25. The van der Waals surface area contributed by atoms with Gasteiger partial charge in [0.15, 0.2) is 0 Å². The molecule has 2 aliphatic rings. The molecule has 3 heterocycles. The van der Waals surface area contributed by atoms with E-state index in [-0.39, 0.29) is 24.3 Å². The van der Waals surface area contributed by atoms with Gasteiger partial charge in [0.05, 0.1) is 0 Å². The molecular formula is C18H25N3O3. The summed E-state index contributed by atoms with van der Waals surface area (Å²) in [6.07, 6.45) is 5.11. The number of carbonyl (C=O) groups is 2. The highest BCUT2D eigenvalue weighted by Gasteiger charge is 2.36. The smallest absolute Gasteiger partial charge is 0.248 e. The molecule has 2 fully saturated rings. The van der Waals surface area contributed by atoms with Crippen LogP contribution in [0.15, 0.2) is 24.5 Å². The van der Waals surface area contributed by atoms with Gasteiger partial charge in [0.2, 0.25) is 11.8 Å². The van der Waals surface area contributed by atoms with Gasteiger partial charge in [-0.05, 0) is 37.5 Å². The minimum atomic E-state index is 0.0319. The Morgan fingerprint density at radius 1 is 1.17 bits per heavy atom. The second-order valence-corrected chi connectivity index (χ2v) is 6.51. The molecule has 0 spiro atoms. The number of pyridine rings is 1. The quantitative estimate of drug-likeness (QED) is 0.815. The molecule has 6 heteroatoms. The van der Waals surface area contributed by atoms with Crippen molar-refractivity contribution in [3.63, 3.8) is 0 Å². The fourth-order valence-electron chi connectivity index (χ4n) is 3.42. The lowest BCUT2D eigenvalue weighted by Crippen LogP contribution is -2.52. The number of hydrogen-bond donors (Lipinski definition) is 0. The Bertz CT molecular complexity index is 564. The Kier molecular flexibility index (Phi) is 5.45. The molecule has 0 atom stereocenters. The molecule has 0 bridgehead atoms. The predicted octanol–water partition coefficient (Wildman–Crippen LogP) is 1.28. The van der Waals surface area contributed by atoms with Gasteiger partial charge < -0.3 is 14.5 Å². The van der Waals surface area contributed by atoms with Crippen LogP contribution in [0, 0.1) is 5.92 Å². The third kappa shape index (κ3) is 3.75. The zero-order valence-electron chi connectivity index (χ0n) is 14.2. The average molecular weight is 331 g/mol. The van der Waals surface area contributed by atoms with Crippen LogP contribution in [0.2, 0.25) is 0 Å². The number of piperidine rings is 1. The van der Waals surface area contributed by atoms with Gasteiger partial charge in [0, 0.05) is 57.0 Å². The van der Waals surface area contributed by atoms with Crippen molar-refractivity contribution < 1.29 is 14.3 Å². The van der Waals surface area contributed by atoms with Gasteiger partial charge in [0.1, 0.15) is 6.61 Å². The van der Waals surface area contributed by atoms with E-state index in [1.165, 1.54) is 5.56 Å².